The Kier molecular flexibility index (Phi) is 3.79. The topological polar surface area (TPSA) is 70.5 Å². The summed E-state index contributed by atoms with van der Waals surface area (Å²) >= 11 is 0. The third-order valence-electron chi connectivity index (χ3n) is 7.23. The zero-order chi connectivity index (χ0) is 20.4. The fraction of sp³-hybridized carbons (Fsp3) is 0.435. The lowest BCUT2D eigenvalue weighted by Gasteiger charge is -2.40. The Morgan fingerprint density at radius 3 is 3.17 bits per heavy atom. The molecule has 2 aromatic rings. The van der Waals surface area contributed by atoms with Gasteiger partial charge in [-0.3, -0.25) is 14.6 Å². The van der Waals surface area contributed by atoms with Gasteiger partial charge in [-0.25, -0.2) is 0 Å². The number of pyridine rings is 1. The van der Waals surface area contributed by atoms with Crippen LogP contribution >= 0.6 is 0 Å². The molecule has 2 fully saturated rings. The number of aliphatic imine (C=N–C) groups is 1. The number of amides is 1. The van der Waals surface area contributed by atoms with Gasteiger partial charge in [0.15, 0.2) is 0 Å². The molecule has 3 heterocycles. The average Bonchev–Trinajstić information content (AvgIpc) is 3.28. The van der Waals surface area contributed by atoms with Crippen molar-refractivity contribution in [2.24, 2.45) is 15.8 Å². The molecule has 1 aliphatic heterocycles. The summed E-state index contributed by atoms with van der Waals surface area (Å²) in [4.78, 5) is 35.9. The molecule has 3 atom stereocenters. The summed E-state index contributed by atoms with van der Waals surface area (Å²) in [6.45, 7) is 6.01. The van der Waals surface area contributed by atoms with E-state index >= 15 is 0 Å². The van der Waals surface area contributed by atoms with Crippen molar-refractivity contribution < 1.29 is 6.22 Å². The molecule has 0 saturated heterocycles. The van der Waals surface area contributed by atoms with Crippen LogP contribution in [0.15, 0.2) is 47.0 Å². The summed E-state index contributed by atoms with van der Waals surface area (Å²) in [6.07, 6.45) is 13.9. The van der Waals surface area contributed by atoms with Crippen molar-refractivity contribution in [2.45, 2.75) is 45.2 Å². The highest BCUT2D eigenvalue weighted by atomic mass is 16.2. The van der Waals surface area contributed by atoms with Crippen molar-refractivity contribution in [1.29, 1.82) is 0 Å². The Morgan fingerprint density at radius 1 is 1.55 bits per heavy atom. The molecule has 0 bridgehead atoms. The molecular weight excluding hydrogens is 364 g/mol. The predicted molar refractivity (Wildman–Crippen MR) is 116 cm³/mol. The Labute approximate surface area is 171 Å². The van der Waals surface area contributed by atoms with Gasteiger partial charge in [0.2, 0.25) is 0 Å². The zero-order valence-electron chi connectivity index (χ0n) is 16.9. The fourth-order valence-electron chi connectivity index (χ4n) is 5.76. The van der Waals surface area contributed by atoms with Gasteiger partial charge >= 0.3 is 0 Å². The number of fused-ring (bicyclic) bond motifs is 1. The first-order valence-corrected chi connectivity index (χ1v) is 10.3. The van der Waals surface area contributed by atoms with Crippen LogP contribution in [0, 0.1) is 17.8 Å². The second-order valence-electron chi connectivity index (χ2n) is 8.82. The van der Waals surface area contributed by atoms with Gasteiger partial charge in [-0.1, -0.05) is 18.6 Å². The number of aromatic nitrogens is 2. The van der Waals surface area contributed by atoms with E-state index in [0.29, 0.717) is 23.0 Å². The highest BCUT2D eigenvalue weighted by molar-refractivity contribution is 6.06. The number of hydrogen-bond donors (Lipinski definition) is 1. The highest BCUT2D eigenvalue weighted by Crippen LogP contribution is 2.72. The van der Waals surface area contributed by atoms with Gasteiger partial charge in [0.05, 0.1) is 5.56 Å². The summed E-state index contributed by atoms with van der Waals surface area (Å²) in [7, 11) is 1.91. The molecule has 5 rings (SSSR count). The van der Waals surface area contributed by atoms with Crippen molar-refractivity contribution in [2.75, 3.05) is 7.05 Å². The molecule has 2 saturated carbocycles. The molecular formula is C23H28N4O2. The first kappa shape index (κ1) is 18.2. The monoisotopic (exact) mass is 392 g/mol. The number of allylic oxidation sites excluding steroid dienone is 1. The summed E-state index contributed by atoms with van der Waals surface area (Å²) in [6, 6.07) is 2.03. The quantitative estimate of drug-likeness (QED) is 0.807. The van der Waals surface area contributed by atoms with Crippen LogP contribution in [-0.4, -0.2) is 39.7 Å². The smallest absolute Gasteiger partial charge is 0.275 e. The summed E-state index contributed by atoms with van der Waals surface area (Å²) in [5.74, 6) is -0.0372. The lowest BCUT2D eigenvalue weighted by Crippen LogP contribution is -2.47. The Hall–Kier alpha value is -2.89. The number of carbonyl (C=O) groups excluding carboxylic acids is 1. The van der Waals surface area contributed by atoms with Crippen LogP contribution in [0.25, 0.3) is 10.9 Å². The summed E-state index contributed by atoms with van der Waals surface area (Å²) < 4.78 is 1.56. The molecule has 1 amide bonds. The van der Waals surface area contributed by atoms with Gasteiger partial charge < -0.3 is 14.5 Å². The van der Waals surface area contributed by atoms with Crippen molar-refractivity contribution in [3.8, 4) is 0 Å². The minimum atomic E-state index is -0.129. The van der Waals surface area contributed by atoms with Crippen LogP contribution in [0.2, 0.25) is 0 Å². The number of nitrogens with one attached hydrogen (secondary N) is 1. The number of H-pyrrole nitrogens is 1. The molecule has 1 N–H and O–H groups in total. The summed E-state index contributed by atoms with van der Waals surface area (Å²) in [5, 5.41) is 0.695. The molecule has 0 radical (unpaired) electrons. The largest absolute Gasteiger partial charge is 0.354 e. The van der Waals surface area contributed by atoms with E-state index in [1.54, 1.807) is 16.8 Å². The SMILES string of the molecule is C=CCn1cc(C(=O)N(C)C2CCCC34C=NC=CC23C4)c2cc(C)[nH]c2c1=O.[HH]. The predicted octanol–water partition coefficient (Wildman–Crippen LogP) is 3.67. The number of carbonyl (C=O) groups is 1. The molecule has 3 aliphatic rings. The number of aromatic amines is 1. The highest BCUT2D eigenvalue weighted by Gasteiger charge is 2.71. The third kappa shape index (κ3) is 2.38. The number of aryl methyl sites for hydroxylation is 1. The van der Waals surface area contributed by atoms with E-state index < -0.39 is 0 Å². The second-order valence-corrected chi connectivity index (χ2v) is 8.82. The van der Waals surface area contributed by atoms with Crippen molar-refractivity contribution in [1.82, 2.24) is 14.5 Å². The Morgan fingerprint density at radius 2 is 2.38 bits per heavy atom. The second kappa shape index (κ2) is 6.05. The van der Waals surface area contributed by atoms with Crippen LogP contribution < -0.4 is 5.56 Å². The van der Waals surface area contributed by atoms with Crippen LogP contribution in [-0.2, 0) is 6.54 Å². The Balaban J connectivity index is 0.00000218. The van der Waals surface area contributed by atoms with Gasteiger partial charge in [-0.05, 0) is 32.3 Å². The van der Waals surface area contributed by atoms with Gasteiger partial charge in [-0.15, -0.1) is 6.58 Å². The standard InChI is InChI=1S/C23H26N4O2.H2/c1-4-10-27-12-17(16-11-15(2)25-19(16)21(27)29)20(28)26(3)18-6-5-7-22-13-23(18,22)8-9-24-14-22;/h4,8-9,11-12,14,18,25H,1,5-7,10,13H2,2-3H3;1H. The maximum atomic E-state index is 13.7. The van der Waals surface area contributed by atoms with E-state index in [9.17, 15) is 9.59 Å². The lowest BCUT2D eigenvalue weighted by atomic mass is 9.75. The molecule has 29 heavy (non-hydrogen) atoms. The average molecular weight is 393 g/mol. The number of nitrogens with zero attached hydrogens (tertiary/aromatic N) is 3. The van der Waals surface area contributed by atoms with E-state index in [0.717, 1.165) is 31.4 Å². The van der Waals surface area contributed by atoms with E-state index in [4.69, 9.17) is 0 Å². The van der Waals surface area contributed by atoms with Crippen LogP contribution in [0.5, 0.6) is 0 Å². The molecule has 2 aliphatic carbocycles. The molecule has 152 valence electrons. The van der Waals surface area contributed by atoms with Gasteiger partial charge in [0, 0.05) is 61.6 Å². The maximum Gasteiger partial charge on any atom is 0.275 e. The number of rotatable bonds is 4. The van der Waals surface area contributed by atoms with Crippen LogP contribution in [0.1, 0.15) is 43.2 Å². The van der Waals surface area contributed by atoms with Crippen LogP contribution in [0.3, 0.4) is 0 Å². The van der Waals surface area contributed by atoms with Gasteiger partial charge in [0.1, 0.15) is 5.52 Å². The molecule has 0 spiro atoms. The van der Waals surface area contributed by atoms with Crippen LogP contribution in [0.4, 0.5) is 0 Å². The first-order chi connectivity index (χ1) is 13.9. The van der Waals surface area contributed by atoms with E-state index in [-0.39, 0.29) is 29.8 Å². The maximum absolute atomic E-state index is 13.7. The third-order valence-corrected chi connectivity index (χ3v) is 7.23. The molecule has 0 aromatic carbocycles. The zero-order valence-corrected chi connectivity index (χ0v) is 16.9. The molecule has 2 aromatic heterocycles. The van der Waals surface area contributed by atoms with Gasteiger partial charge in [0.25, 0.3) is 11.5 Å². The Bertz CT molecular complexity index is 1160. The van der Waals surface area contributed by atoms with Crippen molar-refractivity contribution in [3.63, 3.8) is 0 Å². The first-order valence-electron chi connectivity index (χ1n) is 10.3. The molecule has 3 unspecified atom stereocenters. The number of hydrogen-bond acceptors (Lipinski definition) is 3. The van der Waals surface area contributed by atoms with Gasteiger partial charge in [-0.2, -0.15) is 0 Å². The molecule has 6 heteroatoms. The summed E-state index contributed by atoms with van der Waals surface area (Å²) in [5.41, 5.74) is 1.93. The molecule has 6 nitrogen and oxygen atoms in total. The van der Waals surface area contributed by atoms with E-state index in [1.165, 1.54) is 0 Å². The lowest BCUT2D eigenvalue weighted by molar-refractivity contribution is 0.0613. The minimum Gasteiger partial charge on any atom is -0.354 e. The fourth-order valence-corrected chi connectivity index (χ4v) is 5.76. The van der Waals surface area contributed by atoms with E-state index in [2.05, 4.69) is 28.8 Å². The van der Waals surface area contributed by atoms with Crippen molar-refractivity contribution >= 4 is 23.0 Å². The van der Waals surface area contributed by atoms with E-state index in [1.807, 2.05) is 31.1 Å². The normalized spacial score (nSPS) is 29.4. The minimum absolute atomic E-state index is 0. The van der Waals surface area contributed by atoms with Crippen molar-refractivity contribution in [3.05, 3.63) is 58.8 Å².